The summed E-state index contributed by atoms with van der Waals surface area (Å²) < 4.78 is 20.3. The van der Waals surface area contributed by atoms with Crippen LogP contribution in [0, 0.1) is 5.82 Å². The van der Waals surface area contributed by atoms with E-state index >= 15 is 0 Å². The number of ether oxygens (including phenoxy) is 1. The minimum atomic E-state index is -0.290. The van der Waals surface area contributed by atoms with Gasteiger partial charge in [0.2, 0.25) is 0 Å². The molecule has 2 aromatic heterocycles. The maximum atomic E-state index is 13.0. The molecule has 4 rings (SSSR count). The van der Waals surface area contributed by atoms with Gasteiger partial charge in [0.1, 0.15) is 18.2 Å². The Morgan fingerprint density at radius 2 is 1.84 bits per heavy atom. The molecule has 0 radical (unpaired) electrons. The molecule has 0 saturated carbocycles. The summed E-state index contributed by atoms with van der Waals surface area (Å²) in [5, 5.41) is 4.38. The molecule has 0 amide bonds. The number of hydrogen-bond donors (Lipinski definition) is 1. The van der Waals surface area contributed by atoms with Crippen LogP contribution in [0.2, 0.25) is 0 Å². The van der Waals surface area contributed by atoms with E-state index < -0.39 is 0 Å². The zero-order chi connectivity index (χ0) is 22.5. The number of nitrogens with one attached hydrogen (secondary N) is 1. The minimum absolute atomic E-state index is 0.190. The quantitative estimate of drug-likeness (QED) is 0.441. The number of rotatable bonds is 8. The molecular weight excluding hydrogens is 405 g/mol. The van der Waals surface area contributed by atoms with Gasteiger partial charge in [0.05, 0.1) is 5.52 Å². The molecule has 0 atom stereocenters. The maximum Gasteiger partial charge on any atom is 0.258 e. The summed E-state index contributed by atoms with van der Waals surface area (Å²) in [5.41, 5.74) is 3.35. The van der Waals surface area contributed by atoms with E-state index in [2.05, 4.69) is 19.2 Å². The first kappa shape index (κ1) is 21.7. The fraction of sp³-hybridized carbons (Fsp3) is 0.231. The molecule has 0 saturated heterocycles. The molecule has 1 N–H and O–H groups in total. The fourth-order valence-electron chi connectivity index (χ4n) is 3.44. The second-order valence-corrected chi connectivity index (χ2v) is 8.02. The van der Waals surface area contributed by atoms with Gasteiger partial charge in [0.25, 0.3) is 5.56 Å². The minimum Gasteiger partial charge on any atom is -0.489 e. The van der Waals surface area contributed by atoms with Crippen molar-refractivity contribution in [2.45, 2.75) is 32.9 Å². The number of hydrogen-bond acceptors (Lipinski definition) is 4. The van der Waals surface area contributed by atoms with E-state index in [1.165, 1.54) is 18.2 Å². The van der Waals surface area contributed by atoms with Gasteiger partial charge in [-0.3, -0.25) is 14.3 Å². The van der Waals surface area contributed by atoms with Crippen molar-refractivity contribution in [3.63, 3.8) is 0 Å². The third-order valence-corrected chi connectivity index (χ3v) is 5.15. The Labute approximate surface area is 186 Å². The maximum absolute atomic E-state index is 13.0. The van der Waals surface area contributed by atoms with Crippen LogP contribution in [-0.4, -0.2) is 22.1 Å². The van der Waals surface area contributed by atoms with Gasteiger partial charge in [-0.05, 0) is 48.0 Å². The molecule has 2 aromatic carbocycles. The van der Waals surface area contributed by atoms with Crippen LogP contribution < -0.4 is 15.6 Å². The van der Waals surface area contributed by atoms with E-state index in [0.717, 1.165) is 40.8 Å². The van der Waals surface area contributed by atoms with Crippen molar-refractivity contribution >= 4 is 10.9 Å². The van der Waals surface area contributed by atoms with Gasteiger partial charge >= 0.3 is 0 Å². The van der Waals surface area contributed by atoms with Gasteiger partial charge in [-0.15, -0.1) is 0 Å². The highest BCUT2D eigenvalue weighted by molar-refractivity contribution is 5.81. The van der Waals surface area contributed by atoms with Crippen molar-refractivity contribution in [3.05, 3.63) is 100 Å². The monoisotopic (exact) mass is 431 g/mol. The number of pyridine rings is 2. The summed E-state index contributed by atoms with van der Waals surface area (Å²) >= 11 is 0. The van der Waals surface area contributed by atoms with Gasteiger partial charge in [-0.25, -0.2) is 4.39 Å². The summed E-state index contributed by atoms with van der Waals surface area (Å²) in [6, 6.07) is 19.6. The molecule has 0 bridgehead atoms. The topological polar surface area (TPSA) is 56.2 Å². The highest BCUT2D eigenvalue weighted by Gasteiger charge is 2.06. The molecule has 4 aromatic rings. The van der Waals surface area contributed by atoms with E-state index in [9.17, 15) is 9.18 Å². The Kier molecular flexibility index (Phi) is 6.61. The number of nitrogens with zero attached hydrogens (tertiary/aromatic N) is 2. The summed E-state index contributed by atoms with van der Waals surface area (Å²) in [6.07, 6.45) is 2.57. The average Bonchev–Trinajstić information content (AvgIpc) is 2.78. The summed E-state index contributed by atoms with van der Waals surface area (Å²) in [5.74, 6) is 0.180. The van der Waals surface area contributed by atoms with Crippen molar-refractivity contribution in [3.8, 4) is 11.4 Å². The summed E-state index contributed by atoms with van der Waals surface area (Å²) in [7, 11) is 0. The largest absolute Gasteiger partial charge is 0.489 e. The van der Waals surface area contributed by atoms with E-state index in [4.69, 9.17) is 9.72 Å². The molecule has 0 aliphatic rings. The van der Waals surface area contributed by atoms with Crippen molar-refractivity contribution < 1.29 is 9.13 Å². The smallest absolute Gasteiger partial charge is 0.258 e. The van der Waals surface area contributed by atoms with E-state index in [1.807, 2.05) is 30.3 Å². The molecule has 2 heterocycles. The Morgan fingerprint density at radius 1 is 1.03 bits per heavy atom. The lowest BCUT2D eigenvalue weighted by Crippen LogP contribution is -2.25. The molecule has 164 valence electrons. The molecular formula is C26H26FN3O2. The number of fused-ring (bicyclic) bond motifs is 1. The molecule has 0 spiro atoms. The molecule has 0 aliphatic heterocycles. The van der Waals surface area contributed by atoms with Crippen LogP contribution in [0.3, 0.4) is 0 Å². The van der Waals surface area contributed by atoms with Crippen molar-refractivity contribution in [1.82, 2.24) is 14.9 Å². The van der Waals surface area contributed by atoms with Crippen LogP contribution in [0.1, 0.15) is 25.1 Å². The SMILES string of the molecule is CC(C)NCCc1ccc2cc(-n3ccc(OCc4ccc(F)cc4)cc3=O)ccc2n1. The molecule has 32 heavy (non-hydrogen) atoms. The zero-order valence-electron chi connectivity index (χ0n) is 18.2. The third-order valence-electron chi connectivity index (χ3n) is 5.15. The third kappa shape index (κ3) is 5.39. The van der Waals surface area contributed by atoms with E-state index in [-0.39, 0.29) is 18.0 Å². The van der Waals surface area contributed by atoms with Crippen molar-refractivity contribution in [2.24, 2.45) is 0 Å². The second-order valence-electron chi connectivity index (χ2n) is 8.02. The van der Waals surface area contributed by atoms with Crippen LogP contribution in [0.25, 0.3) is 16.6 Å². The van der Waals surface area contributed by atoms with Gasteiger partial charge in [0.15, 0.2) is 0 Å². The molecule has 0 aliphatic carbocycles. The predicted molar refractivity (Wildman–Crippen MR) is 125 cm³/mol. The van der Waals surface area contributed by atoms with Crippen LogP contribution in [0.5, 0.6) is 5.75 Å². The van der Waals surface area contributed by atoms with Crippen molar-refractivity contribution in [2.75, 3.05) is 6.54 Å². The van der Waals surface area contributed by atoms with Gasteiger partial charge in [-0.2, -0.15) is 0 Å². The fourth-order valence-corrected chi connectivity index (χ4v) is 3.44. The van der Waals surface area contributed by atoms with Gasteiger partial charge < -0.3 is 10.1 Å². The average molecular weight is 432 g/mol. The molecule has 5 nitrogen and oxygen atoms in total. The van der Waals surface area contributed by atoms with Crippen molar-refractivity contribution in [1.29, 1.82) is 0 Å². The summed E-state index contributed by atoms with van der Waals surface area (Å²) in [6.45, 7) is 5.41. The first-order valence-corrected chi connectivity index (χ1v) is 10.7. The second kappa shape index (κ2) is 9.75. The summed E-state index contributed by atoms with van der Waals surface area (Å²) in [4.78, 5) is 17.4. The first-order valence-electron chi connectivity index (χ1n) is 10.7. The van der Waals surface area contributed by atoms with Crippen LogP contribution >= 0.6 is 0 Å². The lowest BCUT2D eigenvalue weighted by atomic mass is 10.1. The van der Waals surface area contributed by atoms with Crippen LogP contribution in [-0.2, 0) is 13.0 Å². The highest BCUT2D eigenvalue weighted by atomic mass is 19.1. The van der Waals surface area contributed by atoms with Crippen LogP contribution in [0.4, 0.5) is 4.39 Å². The number of halogens is 1. The zero-order valence-corrected chi connectivity index (χ0v) is 18.2. The Morgan fingerprint density at radius 3 is 2.59 bits per heavy atom. The Balaban J connectivity index is 1.48. The normalized spacial score (nSPS) is 11.2. The Bertz CT molecular complexity index is 1270. The lowest BCUT2D eigenvalue weighted by Gasteiger charge is -2.11. The first-order chi connectivity index (χ1) is 15.5. The van der Waals surface area contributed by atoms with E-state index in [1.54, 1.807) is 29.0 Å². The molecule has 0 unspecified atom stereocenters. The molecule has 0 fully saturated rings. The van der Waals surface area contributed by atoms with Crippen LogP contribution in [0.15, 0.2) is 77.7 Å². The Hall–Kier alpha value is -3.51. The number of benzene rings is 2. The van der Waals surface area contributed by atoms with Gasteiger partial charge in [-0.1, -0.05) is 32.0 Å². The standard InChI is InChI=1S/C26H26FN3O2/c1-18(2)28-13-11-22-8-5-20-15-23(9-10-25(20)29-22)30-14-12-24(16-26(30)31)32-17-19-3-6-21(27)7-4-19/h3-10,12,14-16,18,28H,11,13,17H2,1-2H3. The molecule has 6 heteroatoms. The number of aromatic nitrogens is 2. The predicted octanol–water partition coefficient (Wildman–Crippen LogP) is 4.64. The highest BCUT2D eigenvalue weighted by Crippen LogP contribution is 2.18. The lowest BCUT2D eigenvalue weighted by molar-refractivity contribution is 0.305. The van der Waals surface area contributed by atoms with Gasteiger partial charge in [0, 0.05) is 48.0 Å². The van der Waals surface area contributed by atoms with E-state index in [0.29, 0.717) is 11.8 Å².